The van der Waals surface area contributed by atoms with E-state index >= 15 is 0 Å². The van der Waals surface area contributed by atoms with E-state index in [1.54, 1.807) is 54.3 Å². The lowest BCUT2D eigenvalue weighted by molar-refractivity contribution is -0.123. The number of hydrogen-bond donors (Lipinski definition) is 1. The van der Waals surface area contributed by atoms with E-state index in [4.69, 9.17) is 4.74 Å². The standard InChI is InChI=1S/C24H24N4O4S2/c1-27(34(30,31)24-6-3-13-33-24)21-7-9-22(10-8-21)32-17-23(29)26-15-19-4-2-5-20(14-19)16-28-12-11-25-18-28/h2-14,18H,15-17H2,1H3,(H,26,29). The van der Waals surface area contributed by atoms with Crippen LogP contribution in [0.1, 0.15) is 11.1 Å². The average molecular weight is 497 g/mol. The number of imidazole rings is 1. The highest BCUT2D eigenvalue weighted by Gasteiger charge is 2.22. The first kappa shape index (κ1) is 23.5. The van der Waals surface area contributed by atoms with Crippen molar-refractivity contribution in [3.05, 3.63) is 95.9 Å². The monoisotopic (exact) mass is 496 g/mol. The third kappa shape index (κ3) is 5.83. The first-order valence-corrected chi connectivity index (χ1v) is 12.8. The second-order valence-electron chi connectivity index (χ2n) is 7.52. The Labute approximate surface area is 202 Å². The number of nitrogens with zero attached hydrogens (tertiary/aromatic N) is 3. The fourth-order valence-corrected chi connectivity index (χ4v) is 5.62. The molecule has 0 saturated carbocycles. The molecule has 0 fully saturated rings. The molecule has 0 aliphatic carbocycles. The highest BCUT2D eigenvalue weighted by atomic mass is 32.2. The predicted molar refractivity (Wildman–Crippen MR) is 131 cm³/mol. The lowest BCUT2D eigenvalue weighted by Crippen LogP contribution is -2.28. The van der Waals surface area contributed by atoms with E-state index in [9.17, 15) is 13.2 Å². The zero-order valence-electron chi connectivity index (χ0n) is 18.5. The highest BCUT2D eigenvalue weighted by molar-refractivity contribution is 7.94. The summed E-state index contributed by atoms with van der Waals surface area (Å²) in [5, 5.41) is 4.57. The molecule has 2 aromatic heterocycles. The molecular weight excluding hydrogens is 472 g/mol. The average Bonchev–Trinajstić information content (AvgIpc) is 3.56. The Hall–Kier alpha value is -3.63. The largest absolute Gasteiger partial charge is 0.484 e. The number of amides is 1. The maximum atomic E-state index is 12.6. The molecule has 8 nitrogen and oxygen atoms in total. The van der Waals surface area contributed by atoms with Gasteiger partial charge in [-0.15, -0.1) is 11.3 Å². The minimum Gasteiger partial charge on any atom is -0.484 e. The molecule has 10 heteroatoms. The zero-order valence-corrected chi connectivity index (χ0v) is 20.1. The number of carbonyl (C=O) groups is 1. The number of hydrogen-bond acceptors (Lipinski definition) is 6. The minimum atomic E-state index is -3.60. The van der Waals surface area contributed by atoms with Gasteiger partial charge in [-0.05, 0) is 46.8 Å². The summed E-state index contributed by atoms with van der Waals surface area (Å²) >= 11 is 1.17. The molecule has 0 radical (unpaired) electrons. The maximum Gasteiger partial charge on any atom is 0.273 e. The molecule has 0 aliphatic heterocycles. The second-order valence-corrected chi connectivity index (χ2v) is 10.7. The summed E-state index contributed by atoms with van der Waals surface area (Å²) in [6.07, 6.45) is 5.40. The van der Waals surface area contributed by atoms with Crippen LogP contribution in [0, 0.1) is 0 Å². The third-order valence-electron chi connectivity index (χ3n) is 5.09. The van der Waals surface area contributed by atoms with E-state index in [1.165, 1.54) is 22.7 Å². The molecular formula is C24H24N4O4S2. The van der Waals surface area contributed by atoms with E-state index in [-0.39, 0.29) is 16.7 Å². The number of benzene rings is 2. The Kier molecular flexibility index (Phi) is 7.29. The van der Waals surface area contributed by atoms with Crippen LogP contribution >= 0.6 is 11.3 Å². The van der Waals surface area contributed by atoms with E-state index in [2.05, 4.69) is 10.3 Å². The van der Waals surface area contributed by atoms with Gasteiger partial charge in [0.1, 0.15) is 9.96 Å². The van der Waals surface area contributed by atoms with Crippen LogP contribution in [0.25, 0.3) is 0 Å². The summed E-state index contributed by atoms with van der Waals surface area (Å²) < 4.78 is 34.3. The molecule has 34 heavy (non-hydrogen) atoms. The van der Waals surface area contributed by atoms with E-state index in [0.717, 1.165) is 11.1 Å². The van der Waals surface area contributed by atoms with Crippen molar-refractivity contribution in [2.45, 2.75) is 17.3 Å². The van der Waals surface area contributed by atoms with Crippen molar-refractivity contribution in [2.75, 3.05) is 18.0 Å². The third-order valence-corrected chi connectivity index (χ3v) is 8.24. The number of aromatic nitrogens is 2. The number of anilines is 1. The minimum absolute atomic E-state index is 0.141. The SMILES string of the molecule is CN(c1ccc(OCC(=O)NCc2cccc(Cn3ccnc3)c2)cc1)S(=O)(=O)c1cccs1. The summed E-state index contributed by atoms with van der Waals surface area (Å²) in [4.78, 5) is 16.3. The van der Waals surface area contributed by atoms with Gasteiger partial charge in [0, 0.05) is 32.5 Å². The zero-order chi connectivity index (χ0) is 24.0. The first-order valence-electron chi connectivity index (χ1n) is 10.5. The molecule has 0 atom stereocenters. The Balaban J connectivity index is 1.26. The Morgan fingerprint density at radius 3 is 2.62 bits per heavy atom. The van der Waals surface area contributed by atoms with Gasteiger partial charge < -0.3 is 14.6 Å². The summed E-state index contributed by atoms with van der Waals surface area (Å²) in [5.74, 6) is 0.227. The van der Waals surface area contributed by atoms with Crippen LogP contribution < -0.4 is 14.4 Å². The van der Waals surface area contributed by atoms with Gasteiger partial charge in [-0.1, -0.05) is 30.3 Å². The van der Waals surface area contributed by atoms with Gasteiger partial charge in [0.2, 0.25) is 0 Å². The predicted octanol–water partition coefficient (Wildman–Crippen LogP) is 3.51. The molecule has 0 saturated heterocycles. The molecule has 4 rings (SSSR count). The summed E-state index contributed by atoms with van der Waals surface area (Å²) in [5.41, 5.74) is 2.61. The van der Waals surface area contributed by atoms with Crippen LogP contribution in [0.2, 0.25) is 0 Å². The van der Waals surface area contributed by atoms with E-state index in [0.29, 0.717) is 24.5 Å². The van der Waals surface area contributed by atoms with Gasteiger partial charge in [-0.2, -0.15) is 0 Å². The quantitative estimate of drug-likeness (QED) is 0.363. The number of rotatable bonds is 10. The van der Waals surface area contributed by atoms with Gasteiger partial charge in [0.05, 0.1) is 12.0 Å². The fourth-order valence-electron chi connectivity index (χ4n) is 3.27. The van der Waals surface area contributed by atoms with Crippen molar-refractivity contribution in [3.63, 3.8) is 0 Å². The molecule has 1 amide bonds. The van der Waals surface area contributed by atoms with Gasteiger partial charge >= 0.3 is 0 Å². The molecule has 2 heterocycles. The fraction of sp³-hybridized carbons (Fsp3) is 0.167. The molecule has 2 aromatic carbocycles. The summed E-state index contributed by atoms with van der Waals surface area (Å²) in [7, 11) is -2.09. The van der Waals surface area contributed by atoms with Crippen LogP contribution in [0.4, 0.5) is 5.69 Å². The van der Waals surface area contributed by atoms with Crippen molar-refractivity contribution < 1.29 is 17.9 Å². The van der Waals surface area contributed by atoms with Crippen molar-refractivity contribution >= 4 is 33.0 Å². The second kappa shape index (κ2) is 10.5. The Morgan fingerprint density at radius 1 is 1.12 bits per heavy atom. The normalized spacial score (nSPS) is 11.2. The van der Waals surface area contributed by atoms with Gasteiger partial charge in [-0.3, -0.25) is 9.10 Å². The van der Waals surface area contributed by atoms with Crippen molar-refractivity contribution in [2.24, 2.45) is 0 Å². The molecule has 4 aromatic rings. The van der Waals surface area contributed by atoms with E-state index < -0.39 is 10.0 Å². The summed E-state index contributed by atoms with van der Waals surface area (Å²) in [6, 6.07) is 17.8. The molecule has 0 spiro atoms. The number of carbonyl (C=O) groups excluding carboxylic acids is 1. The number of sulfonamides is 1. The van der Waals surface area contributed by atoms with Crippen LogP contribution in [0.15, 0.2) is 89.0 Å². The molecule has 0 aliphatic rings. The number of nitrogens with one attached hydrogen (secondary N) is 1. The topological polar surface area (TPSA) is 93.5 Å². The van der Waals surface area contributed by atoms with E-state index in [1.807, 2.05) is 35.0 Å². The van der Waals surface area contributed by atoms with Crippen LogP contribution in [0.3, 0.4) is 0 Å². The molecule has 1 N–H and O–H groups in total. The van der Waals surface area contributed by atoms with Crippen LogP contribution in [-0.2, 0) is 27.9 Å². The van der Waals surface area contributed by atoms with Crippen LogP contribution in [0.5, 0.6) is 5.75 Å². The highest BCUT2D eigenvalue weighted by Crippen LogP contribution is 2.26. The molecule has 0 unspecified atom stereocenters. The molecule has 0 bridgehead atoms. The Morgan fingerprint density at radius 2 is 1.91 bits per heavy atom. The van der Waals surface area contributed by atoms with Gasteiger partial charge in [0.15, 0.2) is 6.61 Å². The molecule has 176 valence electrons. The van der Waals surface area contributed by atoms with Crippen LogP contribution in [-0.4, -0.2) is 37.5 Å². The maximum absolute atomic E-state index is 12.6. The first-order chi connectivity index (χ1) is 16.4. The van der Waals surface area contributed by atoms with Gasteiger partial charge in [-0.25, -0.2) is 13.4 Å². The Bertz CT molecular complexity index is 1320. The number of ether oxygens (including phenoxy) is 1. The number of thiophene rings is 1. The lowest BCUT2D eigenvalue weighted by atomic mass is 10.1. The van der Waals surface area contributed by atoms with Crippen molar-refractivity contribution in [1.82, 2.24) is 14.9 Å². The lowest BCUT2D eigenvalue weighted by Gasteiger charge is -2.18. The summed E-state index contributed by atoms with van der Waals surface area (Å²) in [6.45, 7) is 0.965. The van der Waals surface area contributed by atoms with Gasteiger partial charge in [0.25, 0.3) is 15.9 Å². The smallest absolute Gasteiger partial charge is 0.273 e. The van der Waals surface area contributed by atoms with Crippen molar-refractivity contribution in [3.8, 4) is 5.75 Å². The van der Waals surface area contributed by atoms with Crippen molar-refractivity contribution in [1.29, 1.82) is 0 Å².